The average molecular weight is 398 g/mol. The number of carbonyl (C=O) groups excluding carboxylic acids is 1. The van der Waals surface area contributed by atoms with Crippen molar-refractivity contribution >= 4 is 21.6 Å². The lowest BCUT2D eigenvalue weighted by Crippen LogP contribution is -2.27. The van der Waals surface area contributed by atoms with E-state index in [-0.39, 0.29) is 16.5 Å². The summed E-state index contributed by atoms with van der Waals surface area (Å²) in [5.74, 6) is -0.165. The number of hydrogen-bond acceptors (Lipinski definition) is 3. The number of hydrogen-bond donors (Lipinski definition) is 1. The molecular formula is C18H17F3N2O3S. The Hall–Kier alpha value is -2.55. The normalized spacial score (nSPS) is 15.0. The van der Waals surface area contributed by atoms with Gasteiger partial charge in [-0.15, -0.1) is 0 Å². The maximum absolute atomic E-state index is 12.8. The van der Waals surface area contributed by atoms with Crippen LogP contribution in [0.1, 0.15) is 28.8 Å². The van der Waals surface area contributed by atoms with Crippen molar-refractivity contribution in [2.24, 2.45) is 0 Å². The predicted octanol–water partition coefficient (Wildman–Crippen LogP) is 3.74. The van der Waals surface area contributed by atoms with Crippen molar-refractivity contribution < 1.29 is 26.4 Å². The van der Waals surface area contributed by atoms with Crippen LogP contribution in [0, 0.1) is 0 Å². The Bertz CT molecular complexity index is 935. The number of halogens is 3. The van der Waals surface area contributed by atoms with E-state index in [4.69, 9.17) is 0 Å². The number of benzene rings is 2. The minimum absolute atomic E-state index is 0.141. The first-order chi connectivity index (χ1) is 12.7. The van der Waals surface area contributed by atoms with Crippen molar-refractivity contribution in [2.75, 3.05) is 17.8 Å². The molecule has 1 N–H and O–H groups in total. The van der Waals surface area contributed by atoms with E-state index in [1.807, 2.05) is 0 Å². The van der Waals surface area contributed by atoms with Gasteiger partial charge in [-0.3, -0.25) is 9.52 Å². The molecule has 1 aliphatic heterocycles. The first-order valence-corrected chi connectivity index (χ1v) is 9.74. The van der Waals surface area contributed by atoms with E-state index in [1.165, 1.54) is 30.3 Å². The van der Waals surface area contributed by atoms with Crippen LogP contribution < -0.4 is 4.72 Å². The van der Waals surface area contributed by atoms with Gasteiger partial charge < -0.3 is 4.90 Å². The van der Waals surface area contributed by atoms with Crippen molar-refractivity contribution in [3.63, 3.8) is 0 Å². The van der Waals surface area contributed by atoms with E-state index < -0.39 is 21.8 Å². The number of nitrogens with one attached hydrogen (secondary N) is 1. The molecule has 5 nitrogen and oxygen atoms in total. The molecule has 1 fully saturated rings. The van der Waals surface area contributed by atoms with Crippen molar-refractivity contribution in [1.29, 1.82) is 0 Å². The summed E-state index contributed by atoms with van der Waals surface area (Å²) in [6.07, 6.45) is -2.68. The van der Waals surface area contributed by atoms with Crippen LogP contribution in [0.25, 0.3) is 0 Å². The van der Waals surface area contributed by atoms with E-state index >= 15 is 0 Å². The molecule has 2 aromatic rings. The molecular weight excluding hydrogens is 381 g/mol. The molecule has 0 spiro atoms. The molecule has 0 radical (unpaired) electrons. The molecule has 0 aliphatic carbocycles. The monoisotopic (exact) mass is 398 g/mol. The Balaban J connectivity index is 1.78. The number of nitrogens with zero attached hydrogens (tertiary/aromatic N) is 1. The highest BCUT2D eigenvalue weighted by Gasteiger charge is 2.30. The Labute approximate surface area is 154 Å². The summed E-state index contributed by atoms with van der Waals surface area (Å²) in [5, 5.41) is 0. The largest absolute Gasteiger partial charge is 0.416 e. The van der Waals surface area contributed by atoms with Crippen LogP contribution in [0.5, 0.6) is 0 Å². The number of amides is 1. The van der Waals surface area contributed by atoms with Crippen LogP contribution in [-0.2, 0) is 16.2 Å². The summed E-state index contributed by atoms with van der Waals surface area (Å²) in [6.45, 7) is 1.35. The van der Waals surface area contributed by atoms with Crippen molar-refractivity contribution in [3.05, 3.63) is 59.7 Å². The summed E-state index contributed by atoms with van der Waals surface area (Å²) in [4.78, 5) is 13.8. The number of likely N-dealkylation sites (tertiary alicyclic amines) is 1. The summed E-state index contributed by atoms with van der Waals surface area (Å²) in [5.41, 5.74) is -0.772. The van der Waals surface area contributed by atoms with Gasteiger partial charge in [-0.25, -0.2) is 8.42 Å². The third kappa shape index (κ3) is 4.41. The molecule has 1 aliphatic rings. The predicted molar refractivity (Wildman–Crippen MR) is 93.8 cm³/mol. The Kier molecular flexibility index (Phi) is 5.14. The highest BCUT2D eigenvalue weighted by molar-refractivity contribution is 7.92. The first-order valence-electron chi connectivity index (χ1n) is 8.26. The molecule has 0 unspecified atom stereocenters. The van der Waals surface area contributed by atoms with Crippen molar-refractivity contribution in [3.8, 4) is 0 Å². The van der Waals surface area contributed by atoms with Gasteiger partial charge in [0.05, 0.1) is 10.5 Å². The molecule has 144 valence electrons. The van der Waals surface area contributed by atoms with Gasteiger partial charge in [0.1, 0.15) is 0 Å². The quantitative estimate of drug-likeness (QED) is 0.853. The molecule has 0 atom stereocenters. The van der Waals surface area contributed by atoms with Gasteiger partial charge in [-0.2, -0.15) is 13.2 Å². The van der Waals surface area contributed by atoms with Crippen LogP contribution in [-0.4, -0.2) is 32.3 Å². The van der Waals surface area contributed by atoms with Gasteiger partial charge in [-0.05, 0) is 55.3 Å². The smallest absolute Gasteiger partial charge is 0.339 e. The molecule has 1 heterocycles. The van der Waals surface area contributed by atoms with E-state index in [1.54, 1.807) is 4.90 Å². The van der Waals surface area contributed by atoms with Gasteiger partial charge in [0, 0.05) is 24.3 Å². The van der Waals surface area contributed by atoms with Gasteiger partial charge in [-0.1, -0.05) is 6.07 Å². The Morgan fingerprint density at radius 2 is 1.63 bits per heavy atom. The zero-order chi connectivity index (χ0) is 19.7. The standard InChI is InChI=1S/C18H17F3N2O3S/c19-18(20,21)14-4-3-5-15(12-14)22-27(25,26)16-8-6-13(7-9-16)17(24)23-10-1-2-11-23/h3-9,12,22H,1-2,10-11H2. The maximum Gasteiger partial charge on any atom is 0.416 e. The highest BCUT2D eigenvalue weighted by Crippen LogP contribution is 2.31. The van der Waals surface area contributed by atoms with Crippen LogP contribution in [0.3, 0.4) is 0 Å². The fourth-order valence-corrected chi connectivity index (χ4v) is 3.90. The summed E-state index contributed by atoms with van der Waals surface area (Å²) in [6, 6.07) is 9.27. The van der Waals surface area contributed by atoms with Crippen LogP contribution in [0.4, 0.5) is 18.9 Å². The van der Waals surface area contributed by atoms with Crippen LogP contribution in [0.15, 0.2) is 53.4 Å². The molecule has 0 aromatic heterocycles. The SMILES string of the molecule is O=C(c1ccc(S(=O)(=O)Nc2cccc(C(F)(F)F)c2)cc1)N1CCCC1. The molecule has 0 bridgehead atoms. The van der Waals surface area contributed by atoms with Crippen LogP contribution in [0.2, 0.25) is 0 Å². The Morgan fingerprint density at radius 3 is 2.22 bits per heavy atom. The van der Waals surface area contributed by atoms with E-state index in [9.17, 15) is 26.4 Å². The molecule has 2 aromatic carbocycles. The van der Waals surface area contributed by atoms with Crippen molar-refractivity contribution in [2.45, 2.75) is 23.9 Å². The second kappa shape index (κ2) is 7.22. The second-order valence-corrected chi connectivity index (χ2v) is 7.89. The third-order valence-corrected chi connectivity index (χ3v) is 5.64. The maximum atomic E-state index is 12.8. The average Bonchev–Trinajstić information content (AvgIpc) is 3.15. The number of anilines is 1. The topological polar surface area (TPSA) is 66.5 Å². The summed E-state index contributed by atoms with van der Waals surface area (Å²) >= 11 is 0. The second-order valence-electron chi connectivity index (χ2n) is 6.21. The number of sulfonamides is 1. The van der Waals surface area contributed by atoms with E-state index in [0.29, 0.717) is 18.7 Å². The van der Waals surface area contributed by atoms with E-state index in [2.05, 4.69) is 4.72 Å². The zero-order valence-electron chi connectivity index (χ0n) is 14.2. The zero-order valence-corrected chi connectivity index (χ0v) is 15.0. The third-order valence-electron chi connectivity index (χ3n) is 4.25. The lowest BCUT2D eigenvalue weighted by molar-refractivity contribution is -0.137. The van der Waals surface area contributed by atoms with Crippen LogP contribution >= 0.6 is 0 Å². The fourth-order valence-electron chi connectivity index (χ4n) is 2.85. The summed E-state index contributed by atoms with van der Waals surface area (Å²) < 4.78 is 65.2. The minimum atomic E-state index is -4.57. The molecule has 1 saturated heterocycles. The number of carbonyl (C=O) groups is 1. The van der Waals surface area contributed by atoms with Gasteiger partial charge >= 0.3 is 6.18 Å². The first kappa shape index (κ1) is 19.2. The fraction of sp³-hybridized carbons (Fsp3) is 0.278. The van der Waals surface area contributed by atoms with Gasteiger partial charge in [0.25, 0.3) is 15.9 Å². The lowest BCUT2D eigenvalue weighted by Gasteiger charge is -2.15. The molecule has 1 amide bonds. The molecule has 0 saturated carbocycles. The lowest BCUT2D eigenvalue weighted by atomic mass is 10.2. The van der Waals surface area contributed by atoms with Gasteiger partial charge in [0.2, 0.25) is 0 Å². The highest BCUT2D eigenvalue weighted by atomic mass is 32.2. The number of rotatable bonds is 4. The minimum Gasteiger partial charge on any atom is -0.339 e. The molecule has 9 heteroatoms. The molecule has 27 heavy (non-hydrogen) atoms. The van der Waals surface area contributed by atoms with Crippen molar-refractivity contribution in [1.82, 2.24) is 4.90 Å². The molecule has 3 rings (SSSR count). The van der Waals surface area contributed by atoms with Gasteiger partial charge in [0.15, 0.2) is 0 Å². The number of alkyl halides is 3. The Morgan fingerprint density at radius 1 is 1.00 bits per heavy atom. The summed E-state index contributed by atoms with van der Waals surface area (Å²) in [7, 11) is -4.08. The van der Waals surface area contributed by atoms with E-state index in [0.717, 1.165) is 31.0 Å².